The molecule has 3 heterocycles. The molecule has 5 rings (SSSR count). The number of anilines is 1. The Kier molecular flexibility index (Phi) is 7.12. The molecular formula is C27H33ClF3N5O3. The van der Waals surface area contributed by atoms with Gasteiger partial charge in [0.15, 0.2) is 0 Å². The van der Waals surface area contributed by atoms with E-state index in [1.54, 1.807) is 9.58 Å². The number of carbonyl (C=O) groups excluding carboxylic acids is 2. The Hall–Kier alpha value is -2.79. The highest BCUT2D eigenvalue weighted by Gasteiger charge is 2.48. The van der Waals surface area contributed by atoms with E-state index < -0.39 is 22.9 Å². The smallest absolute Gasteiger partial charge is 0.416 e. The number of ether oxygens (including phenoxy) is 1. The zero-order valence-corrected chi connectivity index (χ0v) is 23.0. The zero-order valence-electron chi connectivity index (χ0n) is 22.3. The van der Waals surface area contributed by atoms with Crippen molar-refractivity contribution in [3.8, 4) is 0 Å². The Balaban J connectivity index is 1.21. The molecule has 0 unspecified atom stereocenters. The van der Waals surface area contributed by atoms with Crippen molar-refractivity contribution in [2.45, 2.75) is 89.3 Å². The molecule has 1 N–H and O–H groups in total. The lowest BCUT2D eigenvalue weighted by Crippen LogP contribution is -2.51. The largest absolute Gasteiger partial charge is 0.444 e. The van der Waals surface area contributed by atoms with Gasteiger partial charge in [0.2, 0.25) is 0 Å². The number of hydrogen-bond donors (Lipinski definition) is 1. The van der Waals surface area contributed by atoms with Gasteiger partial charge in [-0.25, -0.2) is 4.79 Å². The number of benzene rings is 1. The number of fused-ring (bicyclic) bond motifs is 1. The van der Waals surface area contributed by atoms with Crippen molar-refractivity contribution in [2.75, 3.05) is 18.4 Å². The average molecular weight is 568 g/mol. The Bertz CT molecular complexity index is 1240. The number of nitrogens with one attached hydrogen (secondary N) is 1. The first-order chi connectivity index (χ1) is 18.2. The summed E-state index contributed by atoms with van der Waals surface area (Å²) in [5.41, 5.74) is -0.139. The second-order valence-electron chi connectivity index (χ2n) is 11.7. The van der Waals surface area contributed by atoms with Crippen LogP contribution in [0, 0.1) is 0 Å². The number of amides is 2. The Morgan fingerprint density at radius 3 is 2.36 bits per heavy atom. The summed E-state index contributed by atoms with van der Waals surface area (Å²) in [6.45, 7) is 8.25. The summed E-state index contributed by atoms with van der Waals surface area (Å²) >= 11 is 6.07. The van der Waals surface area contributed by atoms with Crippen molar-refractivity contribution in [3.63, 3.8) is 0 Å². The molecule has 0 radical (unpaired) electrons. The SMILES string of the molecule is CC(C)(C)OC(=O)N1CCC(N2Cc3cn(C4(C(=O)Nc5ccc(C(F)(F)F)cc5Cl)CCC4)nc3C2)CC1. The van der Waals surface area contributed by atoms with Crippen LogP contribution in [0.5, 0.6) is 0 Å². The first kappa shape index (κ1) is 27.8. The Labute approximate surface area is 230 Å². The fourth-order valence-corrected chi connectivity index (χ4v) is 5.73. The molecule has 1 aromatic carbocycles. The van der Waals surface area contributed by atoms with E-state index in [0.29, 0.717) is 38.5 Å². The van der Waals surface area contributed by atoms with Gasteiger partial charge in [0, 0.05) is 44.0 Å². The lowest BCUT2D eigenvalue weighted by molar-refractivity contribution is -0.137. The van der Waals surface area contributed by atoms with E-state index in [4.69, 9.17) is 21.4 Å². The highest BCUT2D eigenvalue weighted by molar-refractivity contribution is 6.33. The van der Waals surface area contributed by atoms with Crippen molar-refractivity contribution in [3.05, 3.63) is 46.2 Å². The summed E-state index contributed by atoms with van der Waals surface area (Å²) in [4.78, 5) is 29.9. The topological polar surface area (TPSA) is 79.7 Å². The molecular weight excluding hydrogens is 535 g/mol. The molecule has 212 valence electrons. The highest BCUT2D eigenvalue weighted by atomic mass is 35.5. The molecule has 12 heteroatoms. The molecule has 1 saturated carbocycles. The van der Waals surface area contributed by atoms with E-state index in [1.807, 2.05) is 27.0 Å². The van der Waals surface area contributed by atoms with E-state index in [0.717, 1.165) is 49.2 Å². The van der Waals surface area contributed by atoms with Crippen LogP contribution in [0.3, 0.4) is 0 Å². The van der Waals surface area contributed by atoms with Gasteiger partial charge < -0.3 is 15.0 Å². The number of carbonyl (C=O) groups is 2. The normalized spacial score (nSPS) is 19.9. The molecule has 2 amide bonds. The predicted octanol–water partition coefficient (Wildman–Crippen LogP) is 5.79. The van der Waals surface area contributed by atoms with Crippen LogP contribution in [0.25, 0.3) is 0 Å². The number of halogens is 4. The molecule has 2 aromatic rings. The third kappa shape index (κ3) is 5.61. The minimum Gasteiger partial charge on any atom is -0.444 e. The van der Waals surface area contributed by atoms with E-state index >= 15 is 0 Å². The monoisotopic (exact) mass is 567 g/mol. The van der Waals surface area contributed by atoms with Crippen LogP contribution in [0.4, 0.5) is 23.7 Å². The third-order valence-corrected chi connectivity index (χ3v) is 8.14. The molecule has 2 fully saturated rings. The van der Waals surface area contributed by atoms with Crippen molar-refractivity contribution < 1.29 is 27.5 Å². The van der Waals surface area contributed by atoms with Gasteiger partial charge >= 0.3 is 12.3 Å². The molecule has 0 spiro atoms. The fraction of sp³-hybridized carbons (Fsp3) is 0.593. The van der Waals surface area contributed by atoms with Gasteiger partial charge in [-0.15, -0.1) is 0 Å². The number of piperidine rings is 1. The summed E-state index contributed by atoms with van der Waals surface area (Å²) in [5, 5.41) is 7.36. The fourth-order valence-electron chi connectivity index (χ4n) is 5.50. The van der Waals surface area contributed by atoms with Crippen LogP contribution in [0.1, 0.15) is 69.7 Å². The maximum Gasteiger partial charge on any atom is 0.416 e. The van der Waals surface area contributed by atoms with E-state index in [2.05, 4.69) is 10.2 Å². The number of alkyl halides is 3. The molecule has 2 aliphatic heterocycles. The maximum absolute atomic E-state index is 13.4. The van der Waals surface area contributed by atoms with Crippen molar-refractivity contribution in [1.29, 1.82) is 0 Å². The first-order valence-corrected chi connectivity index (χ1v) is 13.6. The van der Waals surface area contributed by atoms with Gasteiger partial charge in [0.25, 0.3) is 5.91 Å². The van der Waals surface area contributed by atoms with Crippen molar-refractivity contribution in [2.24, 2.45) is 0 Å². The third-order valence-electron chi connectivity index (χ3n) is 7.82. The van der Waals surface area contributed by atoms with Crippen LogP contribution in [-0.2, 0) is 34.3 Å². The molecule has 39 heavy (non-hydrogen) atoms. The van der Waals surface area contributed by atoms with Crippen LogP contribution >= 0.6 is 11.6 Å². The van der Waals surface area contributed by atoms with E-state index in [9.17, 15) is 22.8 Å². The summed E-state index contributed by atoms with van der Waals surface area (Å²) < 4.78 is 46.2. The number of rotatable bonds is 4. The zero-order chi connectivity index (χ0) is 28.2. The highest BCUT2D eigenvalue weighted by Crippen LogP contribution is 2.42. The first-order valence-electron chi connectivity index (χ1n) is 13.2. The van der Waals surface area contributed by atoms with Gasteiger partial charge in [-0.2, -0.15) is 18.3 Å². The standard InChI is InChI=1S/C27H33ClF3N5O3/c1-25(2,3)39-24(38)34-11-7-19(8-12-34)35-14-17-15-36(33-22(17)16-35)26(9-4-10-26)23(37)32-21-6-5-18(13-20(21)28)27(29,30)31/h5-6,13,15,19H,4,7-12,14,16H2,1-3H3,(H,32,37). The molecule has 0 bridgehead atoms. The van der Waals surface area contributed by atoms with Crippen molar-refractivity contribution in [1.82, 2.24) is 19.6 Å². The second-order valence-corrected chi connectivity index (χ2v) is 12.1. The molecule has 1 aliphatic carbocycles. The van der Waals surface area contributed by atoms with Gasteiger partial charge in [0.05, 0.1) is 22.0 Å². The molecule has 0 atom stereocenters. The predicted molar refractivity (Wildman–Crippen MR) is 139 cm³/mol. The summed E-state index contributed by atoms with van der Waals surface area (Å²) in [7, 11) is 0. The van der Waals surface area contributed by atoms with Crippen LogP contribution < -0.4 is 5.32 Å². The quantitative estimate of drug-likeness (QED) is 0.506. The molecule has 1 aromatic heterocycles. The van der Waals surface area contributed by atoms with E-state index in [-0.39, 0.29) is 22.7 Å². The van der Waals surface area contributed by atoms with Gasteiger partial charge in [0.1, 0.15) is 11.1 Å². The van der Waals surface area contributed by atoms with Gasteiger partial charge in [-0.05, 0) is 71.1 Å². The average Bonchev–Trinajstić information content (AvgIpc) is 3.38. The number of nitrogens with zero attached hydrogens (tertiary/aromatic N) is 4. The minimum absolute atomic E-state index is 0.143. The van der Waals surface area contributed by atoms with Crippen LogP contribution in [0.15, 0.2) is 24.4 Å². The van der Waals surface area contributed by atoms with Gasteiger partial charge in [-0.1, -0.05) is 11.6 Å². The van der Waals surface area contributed by atoms with Crippen molar-refractivity contribution >= 4 is 29.3 Å². The van der Waals surface area contributed by atoms with Crippen LogP contribution in [0.2, 0.25) is 5.02 Å². The molecule has 1 saturated heterocycles. The summed E-state index contributed by atoms with van der Waals surface area (Å²) in [6, 6.07) is 3.24. The Morgan fingerprint density at radius 2 is 1.82 bits per heavy atom. The van der Waals surface area contributed by atoms with Gasteiger partial charge in [-0.3, -0.25) is 14.4 Å². The summed E-state index contributed by atoms with van der Waals surface area (Å²) in [5.74, 6) is -0.331. The summed E-state index contributed by atoms with van der Waals surface area (Å²) in [6.07, 6.45) is 0.866. The number of aromatic nitrogens is 2. The molecule has 8 nitrogen and oxygen atoms in total. The Morgan fingerprint density at radius 1 is 1.13 bits per heavy atom. The minimum atomic E-state index is -4.51. The molecule has 3 aliphatic rings. The number of likely N-dealkylation sites (tertiary alicyclic amines) is 1. The van der Waals surface area contributed by atoms with Crippen LogP contribution in [-0.4, -0.2) is 56.3 Å². The second kappa shape index (κ2) is 9.99. The lowest BCUT2D eigenvalue weighted by Gasteiger charge is -2.40. The lowest BCUT2D eigenvalue weighted by atomic mass is 9.76. The number of hydrogen-bond acceptors (Lipinski definition) is 5. The maximum atomic E-state index is 13.4. The van der Waals surface area contributed by atoms with E-state index in [1.165, 1.54) is 6.07 Å².